The molecule has 3 aliphatic heterocycles. The zero-order chi connectivity index (χ0) is 19.7. The Morgan fingerprint density at radius 1 is 0.926 bits per heavy atom. The van der Waals surface area contributed by atoms with Gasteiger partial charge in [-0.2, -0.15) is 0 Å². The Kier molecular flexibility index (Phi) is 6.48. The van der Waals surface area contributed by atoms with Gasteiger partial charge in [-0.3, -0.25) is 14.6 Å². The molecule has 0 aromatic carbocycles. The first kappa shape index (κ1) is 21.0. The van der Waals surface area contributed by atoms with Crippen LogP contribution in [-0.2, 0) is 4.79 Å². The summed E-state index contributed by atoms with van der Waals surface area (Å²) in [6, 6.07) is 1.25. The first-order valence-electron chi connectivity index (χ1n) is 10.7. The third-order valence-corrected chi connectivity index (χ3v) is 6.52. The van der Waals surface area contributed by atoms with E-state index in [0.29, 0.717) is 30.5 Å². The maximum absolute atomic E-state index is 11.8. The number of aliphatic hydroxyl groups is 1. The normalized spacial score (nSPS) is 27.3. The molecule has 7 heteroatoms. The number of carbonyl (C=O) groups excluding carboxylic acids is 1. The van der Waals surface area contributed by atoms with E-state index in [-0.39, 0.29) is 5.91 Å². The lowest BCUT2D eigenvalue weighted by Gasteiger charge is -2.51. The van der Waals surface area contributed by atoms with E-state index in [0.717, 1.165) is 45.8 Å². The van der Waals surface area contributed by atoms with E-state index in [1.54, 1.807) is 0 Å². The second-order valence-corrected chi connectivity index (χ2v) is 9.33. The minimum absolute atomic E-state index is 0.0501. The van der Waals surface area contributed by atoms with Gasteiger partial charge in [0.25, 0.3) is 5.91 Å². The van der Waals surface area contributed by atoms with Crippen molar-refractivity contribution in [3.05, 3.63) is 0 Å². The second kappa shape index (κ2) is 8.33. The molecule has 7 nitrogen and oxygen atoms in total. The van der Waals surface area contributed by atoms with Crippen molar-refractivity contribution in [3.8, 4) is 0 Å². The zero-order valence-corrected chi connectivity index (χ0v) is 17.6. The van der Waals surface area contributed by atoms with E-state index in [1.807, 2.05) is 4.90 Å². The monoisotopic (exact) mass is 381 g/mol. The Morgan fingerprint density at radius 2 is 1.52 bits per heavy atom. The van der Waals surface area contributed by atoms with Gasteiger partial charge in [-0.15, -0.1) is 0 Å². The molecule has 0 unspecified atom stereocenters. The van der Waals surface area contributed by atoms with Gasteiger partial charge in [0.05, 0.1) is 5.54 Å². The van der Waals surface area contributed by atoms with Crippen molar-refractivity contribution in [3.63, 3.8) is 0 Å². The first-order valence-corrected chi connectivity index (χ1v) is 10.7. The molecule has 1 aliphatic carbocycles. The fraction of sp³-hybridized carbons (Fsp3) is 0.950. The van der Waals surface area contributed by atoms with Gasteiger partial charge in [0, 0.05) is 71.0 Å². The summed E-state index contributed by atoms with van der Waals surface area (Å²) >= 11 is 0. The van der Waals surface area contributed by atoms with Crippen molar-refractivity contribution >= 4 is 5.91 Å². The number of carbonyl (C=O) groups is 1. The van der Waals surface area contributed by atoms with Crippen LogP contribution >= 0.6 is 0 Å². The van der Waals surface area contributed by atoms with Gasteiger partial charge in [0.1, 0.15) is 5.60 Å². The molecule has 0 atom stereocenters. The van der Waals surface area contributed by atoms with Crippen LogP contribution in [0, 0.1) is 0 Å². The van der Waals surface area contributed by atoms with E-state index in [2.05, 4.69) is 48.1 Å². The highest BCUT2D eigenvalue weighted by Gasteiger charge is 2.50. The summed E-state index contributed by atoms with van der Waals surface area (Å²) in [7, 11) is 0. The van der Waals surface area contributed by atoms with Crippen LogP contribution in [0.3, 0.4) is 0 Å². The topological polar surface area (TPSA) is 71.1 Å². The predicted octanol–water partition coefficient (Wildman–Crippen LogP) is -0.294. The smallest absolute Gasteiger partial charge is 0.254 e. The Bertz CT molecular complexity index is 509. The van der Waals surface area contributed by atoms with Gasteiger partial charge in [0.2, 0.25) is 0 Å². The van der Waals surface area contributed by atoms with Crippen LogP contribution in [0.4, 0.5) is 0 Å². The van der Waals surface area contributed by atoms with E-state index in [1.165, 1.54) is 13.1 Å². The van der Waals surface area contributed by atoms with Crippen LogP contribution in [0.5, 0.6) is 0 Å². The second-order valence-electron chi connectivity index (χ2n) is 9.33. The molecule has 27 heavy (non-hydrogen) atoms. The van der Waals surface area contributed by atoms with Gasteiger partial charge < -0.3 is 20.6 Å². The molecule has 1 saturated carbocycles. The number of nitrogens with zero attached hydrogens (tertiary/aromatic N) is 3. The molecule has 0 aromatic rings. The van der Waals surface area contributed by atoms with Crippen LogP contribution in [0.25, 0.3) is 0 Å². The summed E-state index contributed by atoms with van der Waals surface area (Å²) in [6.45, 7) is 18.2. The summed E-state index contributed by atoms with van der Waals surface area (Å²) in [6.07, 6.45) is 1.30. The van der Waals surface area contributed by atoms with E-state index >= 15 is 0 Å². The van der Waals surface area contributed by atoms with Gasteiger partial charge >= 0.3 is 0 Å². The van der Waals surface area contributed by atoms with E-state index in [4.69, 9.17) is 0 Å². The molecule has 3 saturated heterocycles. The molecule has 3 N–H and O–H groups in total. The molecule has 0 radical (unpaired) electrons. The average molecular weight is 382 g/mol. The van der Waals surface area contributed by atoms with Crippen LogP contribution < -0.4 is 10.6 Å². The summed E-state index contributed by atoms with van der Waals surface area (Å²) in [5.41, 5.74) is -0.567. The summed E-state index contributed by atoms with van der Waals surface area (Å²) in [4.78, 5) is 18.6. The Labute approximate surface area is 164 Å². The lowest BCUT2D eigenvalue weighted by atomic mass is 9.89. The quantitative estimate of drug-likeness (QED) is 0.624. The van der Waals surface area contributed by atoms with Crippen molar-refractivity contribution in [2.75, 3.05) is 58.9 Å². The van der Waals surface area contributed by atoms with Gasteiger partial charge in [-0.1, -0.05) is 0 Å². The standard InChI is InChI=1S/C11H20N2O2.C9H19N3/c1-9(2)12-5-7-13(8-6-12)10(14)11(15)3-4-11;1-8(2)12-4-3-11-9(7-12)5-10-6-9/h9,15H,3-8H2,1-2H3;8,10-11H,3-7H2,1-2H3. The minimum atomic E-state index is -0.986. The van der Waals surface area contributed by atoms with E-state index in [9.17, 15) is 9.90 Å². The van der Waals surface area contributed by atoms with Crippen molar-refractivity contribution in [2.45, 2.75) is 63.8 Å². The molecule has 1 amide bonds. The van der Waals surface area contributed by atoms with Gasteiger partial charge in [0.15, 0.2) is 0 Å². The number of amides is 1. The Balaban J connectivity index is 0.000000159. The van der Waals surface area contributed by atoms with Gasteiger partial charge in [-0.25, -0.2) is 0 Å². The molecule has 3 heterocycles. The highest BCUT2D eigenvalue weighted by molar-refractivity contribution is 5.87. The SMILES string of the molecule is CC(C)N1CCN(C(=O)C2(O)CC2)CC1.CC(C)N1CCNC2(CNC2)C1. The third kappa shape index (κ3) is 5.01. The minimum Gasteiger partial charge on any atom is -0.380 e. The fourth-order valence-electron chi connectivity index (χ4n) is 4.16. The number of nitrogens with one attached hydrogen (secondary N) is 2. The van der Waals surface area contributed by atoms with Crippen LogP contribution in [-0.4, -0.2) is 108 Å². The summed E-state index contributed by atoms with van der Waals surface area (Å²) in [5, 5.41) is 16.7. The predicted molar refractivity (Wildman–Crippen MR) is 108 cm³/mol. The van der Waals surface area contributed by atoms with Crippen LogP contribution in [0.15, 0.2) is 0 Å². The maximum atomic E-state index is 11.8. The molecule has 1 spiro atoms. The fourth-order valence-corrected chi connectivity index (χ4v) is 4.16. The summed E-state index contributed by atoms with van der Waals surface area (Å²) in [5.74, 6) is -0.0501. The molecule has 4 fully saturated rings. The van der Waals surface area contributed by atoms with Crippen molar-refractivity contribution in [2.24, 2.45) is 0 Å². The molecule has 4 rings (SSSR count). The lowest BCUT2D eigenvalue weighted by molar-refractivity contribution is -0.144. The third-order valence-electron chi connectivity index (χ3n) is 6.52. The van der Waals surface area contributed by atoms with Crippen LogP contribution in [0.1, 0.15) is 40.5 Å². The number of rotatable bonds is 3. The lowest BCUT2D eigenvalue weighted by Crippen LogP contribution is -2.75. The van der Waals surface area contributed by atoms with Crippen molar-refractivity contribution in [1.82, 2.24) is 25.3 Å². The van der Waals surface area contributed by atoms with Gasteiger partial charge in [-0.05, 0) is 40.5 Å². The average Bonchev–Trinajstić information content (AvgIpc) is 3.39. The van der Waals surface area contributed by atoms with Crippen LogP contribution in [0.2, 0.25) is 0 Å². The number of hydrogen-bond donors (Lipinski definition) is 3. The van der Waals surface area contributed by atoms with E-state index < -0.39 is 5.60 Å². The summed E-state index contributed by atoms with van der Waals surface area (Å²) < 4.78 is 0. The molecule has 0 aromatic heterocycles. The molecule has 156 valence electrons. The first-order chi connectivity index (χ1) is 12.7. The highest BCUT2D eigenvalue weighted by Crippen LogP contribution is 2.37. The molecular formula is C20H39N5O2. The zero-order valence-electron chi connectivity index (χ0n) is 17.6. The highest BCUT2D eigenvalue weighted by atomic mass is 16.3. The largest absolute Gasteiger partial charge is 0.380 e. The Hall–Kier alpha value is -0.730. The number of hydrogen-bond acceptors (Lipinski definition) is 6. The maximum Gasteiger partial charge on any atom is 0.254 e. The van der Waals surface area contributed by atoms with Crippen molar-refractivity contribution < 1.29 is 9.90 Å². The molecular weight excluding hydrogens is 342 g/mol. The number of piperazine rings is 2. The van der Waals surface area contributed by atoms with Crippen molar-refractivity contribution in [1.29, 1.82) is 0 Å². The molecule has 4 aliphatic rings. The Morgan fingerprint density at radius 3 is 1.96 bits per heavy atom. The molecule has 0 bridgehead atoms.